The molecule has 0 atom stereocenters. The minimum Gasteiger partial charge on any atom is -0.493 e. The minimum absolute atomic E-state index is 0.717. The molecule has 0 radical (unpaired) electrons. The number of rotatable bonds is 11. The third kappa shape index (κ3) is 7.53. The SMILES string of the molecule is CN(CCCCCn1cccn1)CCCOc1cccc(Cl)c1. The van der Waals surface area contributed by atoms with Crippen molar-refractivity contribution in [3.05, 3.63) is 47.7 Å². The van der Waals surface area contributed by atoms with Gasteiger partial charge in [0.15, 0.2) is 0 Å². The van der Waals surface area contributed by atoms with Gasteiger partial charge in [0.25, 0.3) is 0 Å². The zero-order valence-corrected chi connectivity index (χ0v) is 14.6. The summed E-state index contributed by atoms with van der Waals surface area (Å²) in [6.07, 6.45) is 8.53. The third-order valence-corrected chi connectivity index (χ3v) is 3.97. The van der Waals surface area contributed by atoms with Gasteiger partial charge in [0, 0.05) is 30.5 Å². The summed E-state index contributed by atoms with van der Waals surface area (Å²) >= 11 is 5.93. The molecule has 5 heteroatoms. The second-order valence-electron chi connectivity index (χ2n) is 5.79. The van der Waals surface area contributed by atoms with Crippen LogP contribution in [-0.4, -0.2) is 41.4 Å². The molecule has 126 valence electrons. The molecule has 0 spiro atoms. The average molecular weight is 336 g/mol. The molecule has 4 nitrogen and oxygen atoms in total. The maximum Gasteiger partial charge on any atom is 0.120 e. The quantitative estimate of drug-likeness (QED) is 0.579. The number of aryl methyl sites for hydroxylation is 1. The van der Waals surface area contributed by atoms with Crippen molar-refractivity contribution in [1.82, 2.24) is 14.7 Å². The van der Waals surface area contributed by atoms with Crippen LogP contribution in [-0.2, 0) is 6.54 Å². The highest BCUT2D eigenvalue weighted by Crippen LogP contribution is 2.17. The van der Waals surface area contributed by atoms with Crippen LogP contribution < -0.4 is 4.74 Å². The summed E-state index contributed by atoms with van der Waals surface area (Å²) in [6, 6.07) is 9.53. The Labute approximate surface area is 144 Å². The van der Waals surface area contributed by atoms with Crippen molar-refractivity contribution in [2.24, 2.45) is 0 Å². The number of benzene rings is 1. The van der Waals surface area contributed by atoms with Crippen LogP contribution >= 0.6 is 11.6 Å². The zero-order valence-electron chi connectivity index (χ0n) is 13.8. The van der Waals surface area contributed by atoms with Gasteiger partial charge in [-0.2, -0.15) is 5.10 Å². The highest BCUT2D eigenvalue weighted by molar-refractivity contribution is 6.30. The Bertz CT molecular complexity index is 545. The average Bonchev–Trinajstić information content (AvgIpc) is 3.05. The van der Waals surface area contributed by atoms with Gasteiger partial charge in [-0.15, -0.1) is 0 Å². The van der Waals surface area contributed by atoms with E-state index in [9.17, 15) is 0 Å². The van der Waals surface area contributed by atoms with Crippen LogP contribution in [0, 0.1) is 0 Å². The number of unbranched alkanes of at least 4 members (excludes halogenated alkanes) is 2. The van der Waals surface area contributed by atoms with E-state index in [0.29, 0.717) is 0 Å². The number of aromatic nitrogens is 2. The van der Waals surface area contributed by atoms with Crippen molar-refractivity contribution in [2.45, 2.75) is 32.2 Å². The summed E-state index contributed by atoms with van der Waals surface area (Å²) in [6.45, 7) is 3.93. The highest BCUT2D eigenvalue weighted by Gasteiger charge is 2.00. The highest BCUT2D eigenvalue weighted by atomic mass is 35.5. The monoisotopic (exact) mass is 335 g/mol. The predicted octanol–water partition coefficient (Wildman–Crippen LogP) is 4.11. The molecule has 0 aliphatic rings. The van der Waals surface area contributed by atoms with Gasteiger partial charge in [0.2, 0.25) is 0 Å². The Morgan fingerprint density at radius 1 is 1.13 bits per heavy atom. The lowest BCUT2D eigenvalue weighted by Crippen LogP contribution is -2.22. The van der Waals surface area contributed by atoms with E-state index in [1.54, 1.807) is 0 Å². The summed E-state index contributed by atoms with van der Waals surface area (Å²) in [5.41, 5.74) is 0. The third-order valence-electron chi connectivity index (χ3n) is 3.74. The van der Waals surface area contributed by atoms with Gasteiger partial charge in [0.05, 0.1) is 6.61 Å². The first-order valence-electron chi connectivity index (χ1n) is 8.28. The Hall–Kier alpha value is -1.52. The van der Waals surface area contributed by atoms with Crippen LogP contribution in [0.2, 0.25) is 5.02 Å². The molecule has 1 aromatic carbocycles. The maximum absolute atomic E-state index is 5.93. The van der Waals surface area contributed by atoms with Gasteiger partial charge < -0.3 is 9.64 Å². The summed E-state index contributed by atoms with van der Waals surface area (Å²) in [4.78, 5) is 2.37. The Morgan fingerprint density at radius 2 is 2.00 bits per heavy atom. The second kappa shape index (κ2) is 10.3. The van der Waals surface area contributed by atoms with E-state index in [1.165, 1.54) is 19.3 Å². The molecule has 0 saturated carbocycles. The van der Waals surface area contributed by atoms with E-state index in [4.69, 9.17) is 16.3 Å². The van der Waals surface area contributed by atoms with E-state index in [0.717, 1.165) is 43.4 Å². The van der Waals surface area contributed by atoms with E-state index < -0.39 is 0 Å². The van der Waals surface area contributed by atoms with Crippen molar-refractivity contribution >= 4 is 11.6 Å². The Kier molecular flexibility index (Phi) is 7.98. The van der Waals surface area contributed by atoms with Gasteiger partial charge in [-0.1, -0.05) is 24.1 Å². The predicted molar refractivity (Wildman–Crippen MR) is 95.1 cm³/mol. The van der Waals surface area contributed by atoms with E-state index in [2.05, 4.69) is 17.0 Å². The Morgan fingerprint density at radius 3 is 2.78 bits per heavy atom. The smallest absolute Gasteiger partial charge is 0.120 e. The van der Waals surface area contributed by atoms with Gasteiger partial charge in [-0.05, 0) is 57.1 Å². The lowest BCUT2D eigenvalue weighted by molar-refractivity contribution is 0.259. The molecule has 0 unspecified atom stereocenters. The molecule has 0 bridgehead atoms. The second-order valence-corrected chi connectivity index (χ2v) is 6.23. The zero-order chi connectivity index (χ0) is 16.3. The molecule has 0 aliphatic heterocycles. The van der Waals surface area contributed by atoms with Gasteiger partial charge in [-0.25, -0.2) is 0 Å². The maximum atomic E-state index is 5.93. The molecule has 0 amide bonds. The van der Waals surface area contributed by atoms with E-state index >= 15 is 0 Å². The number of hydrogen-bond donors (Lipinski definition) is 0. The lowest BCUT2D eigenvalue weighted by Gasteiger charge is -2.16. The van der Waals surface area contributed by atoms with Crippen LogP contribution in [0.15, 0.2) is 42.7 Å². The van der Waals surface area contributed by atoms with Crippen molar-refractivity contribution in [3.63, 3.8) is 0 Å². The molecule has 2 rings (SSSR count). The molecule has 0 fully saturated rings. The number of halogens is 1. The van der Waals surface area contributed by atoms with Gasteiger partial charge in [-0.3, -0.25) is 4.68 Å². The molecule has 1 aromatic heterocycles. The lowest BCUT2D eigenvalue weighted by atomic mass is 10.2. The summed E-state index contributed by atoms with van der Waals surface area (Å²) < 4.78 is 7.70. The van der Waals surface area contributed by atoms with Gasteiger partial charge >= 0.3 is 0 Å². The topological polar surface area (TPSA) is 30.3 Å². The van der Waals surface area contributed by atoms with E-state index in [-0.39, 0.29) is 0 Å². The fourth-order valence-electron chi connectivity index (χ4n) is 2.46. The Balaban J connectivity index is 1.46. The van der Waals surface area contributed by atoms with Crippen LogP contribution in [0.4, 0.5) is 0 Å². The van der Waals surface area contributed by atoms with Crippen LogP contribution in [0.5, 0.6) is 5.75 Å². The fraction of sp³-hybridized carbons (Fsp3) is 0.500. The molecule has 0 aliphatic carbocycles. The molecule has 0 N–H and O–H groups in total. The van der Waals surface area contributed by atoms with Crippen molar-refractivity contribution < 1.29 is 4.74 Å². The van der Waals surface area contributed by atoms with Crippen molar-refractivity contribution in [1.29, 1.82) is 0 Å². The van der Waals surface area contributed by atoms with Crippen LogP contribution in [0.25, 0.3) is 0 Å². The largest absolute Gasteiger partial charge is 0.493 e. The first-order chi connectivity index (χ1) is 11.2. The van der Waals surface area contributed by atoms with Crippen molar-refractivity contribution in [3.8, 4) is 5.75 Å². The first-order valence-corrected chi connectivity index (χ1v) is 8.66. The number of ether oxygens (including phenoxy) is 1. The molecule has 1 heterocycles. The standard InChI is InChI=1S/C18H26ClN3O/c1-21(11-3-2-4-13-22-14-6-10-20-22)12-7-15-23-18-9-5-8-17(19)16-18/h5-6,8-10,14,16H,2-4,7,11-13,15H2,1H3. The number of hydrogen-bond acceptors (Lipinski definition) is 3. The van der Waals surface area contributed by atoms with Gasteiger partial charge in [0.1, 0.15) is 5.75 Å². The summed E-state index contributed by atoms with van der Waals surface area (Å²) in [7, 11) is 2.17. The normalized spacial score (nSPS) is 11.1. The van der Waals surface area contributed by atoms with Crippen molar-refractivity contribution in [2.75, 3.05) is 26.7 Å². The summed E-state index contributed by atoms with van der Waals surface area (Å²) in [5, 5.41) is 4.93. The molecular formula is C18H26ClN3O. The summed E-state index contributed by atoms with van der Waals surface area (Å²) in [5.74, 6) is 0.846. The minimum atomic E-state index is 0.717. The number of nitrogens with zero attached hydrogens (tertiary/aromatic N) is 3. The fourth-order valence-corrected chi connectivity index (χ4v) is 2.64. The molecule has 2 aromatic rings. The molecule has 0 saturated heterocycles. The first kappa shape index (κ1) is 17.8. The van der Waals surface area contributed by atoms with Crippen LogP contribution in [0.3, 0.4) is 0 Å². The molecule has 23 heavy (non-hydrogen) atoms. The molecular weight excluding hydrogens is 310 g/mol. The van der Waals surface area contributed by atoms with Crippen LogP contribution in [0.1, 0.15) is 25.7 Å². The van der Waals surface area contributed by atoms with E-state index in [1.807, 2.05) is 47.4 Å².